The van der Waals surface area contributed by atoms with Crippen LogP contribution in [-0.4, -0.2) is 20.0 Å². The first kappa shape index (κ1) is 12.6. The fraction of sp³-hybridized carbons (Fsp3) is 0.462. The van der Waals surface area contributed by atoms with Gasteiger partial charge in [-0.2, -0.15) is 0 Å². The Morgan fingerprint density at radius 2 is 2.00 bits per heavy atom. The van der Waals surface area contributed by atoms with E-state index in [1.807, 2.05) is 13.8 Å². The summed E-state index contributed by atoms with van der Waals surface area (Å²) in [5.74, 6) is 1.37. The van der Waals surface area contributed by atoms with E-state index in [1.54, 1.807) is 32.4 Å². The monoisotopic (exact) mass is 222 g/mol. The molecule has 3 heteroatoms. The number of Topliss-reactive ketones (excluding diaryl/α,β-unsaturated/α-hetero) is 1. The van der Waals surface area contributed by atoms with Crippen molar-refractivity contribution in [3.05, 3.63) is 23.8 Å². The van der Waals surface area contributed by atoms with Gasteiger partial charge in [-0.05, 0) is 24.6 Å². The summed E-state index contributed by atoms with van der Waals surface area (Å²) in [6, 6.07) is 5.27. The summed E-state index contributed by atoms with van der Waals surface area (Å²) in [6.07, 6.45) is 0.819. The average Bonchev–Trinajstić information content (AvgIpc) is 2.35. The largest absolute Gasteiger partial charge is 0.497 e. The number of ether oxygens (including phenoxy) is 2. The second kappa shape index (κ2) is 5.54. The number of ketones is 1. The van der Waals surface area contributed by atoms with Crippen molar-refractivity contribution in [1.29, 1.82) is 0 Å². The summed E-state index contributed by atoms with van der Waals surface area (Å²) in [4.78, 5) is 12.1. The Balaban J connectivity index is 3.13. The maximum Gasteiger partial charge on any atom is 0.169 e. The van der Waals surface area contributed by atoms with Crippen LogP contribution in [0.2, 0.25) is 0 Å². The summed E-state index contributed by atoms with van der Waals surface area (Å²) in [7, 11) is 3.15. The number of rotatable bonds is 5. The van der Waals surface area contributed by atoms with Gasteiger partial charge in [0.15, 0.2) is 5.78 Å². The molecule has 0 aliphatic carbocycles. The fourth-order valence-electron chi connectivity index (χ4n) is 1.46. The highest BCUT2D eigenvalue weighted by Crippen LogP contribution is 2.26. The first-order chi connectivity index (χ1) is 7.63. The minimum absolute atomic E-state index is 0.000932. The Bertz CT molecular complexity index is 371. The fourth-order valence-corrected chi connectivity index (χ4v) is 1.46. The first-order valence-corrected chi connectivity index (χ1v) is 5.40. The molecule has 0 aliphatic heterocycles. The standard InChI is InChI=1S/C13H18O3/c1-5-9(2)13(14)11-8-10(15-3)6-7-12(11)16-4/h6-9H,5H2,1-4H3. The number of benzene rings is 1. The van der Waals surface area contributed by atoms with E-state index in [0.29, 0.717) is 17.1 Å². The van der Waals surface area contributed by atoms with Gasteiger partial charge in [0.25, 0.3) is 0 Å². The molecule has 0 aliphatic rings. The van der Waals surface area contributed by atoms with Gasteiger partial charge >= 0.3 is 0 Å². The highest BCUT2D eigenvalue weighted by atomic mass is 16.5. The molecule has 3 nitrogen and oxygen atoms in total. The maximum atomic E-state index is 12.1. The van der Waals surface area contributed by atoms with E-state index in [2.05, 4.69) is 0 Å². The van der Waals surface area contributed by atoms with Gasteiger partial charge in [-0.15, -0.1) is 0 Å². The van der Waals surface area contributed by atoms with Crippen LogP contribution in [0.15, 0.2) is 18.2 Å². The first-order valence-electron chi connectivity index (χ1n) is 5.40. The zero-order valence-electron chi connectivity index (χ0n) is 10.2. The van der Waals surface area contributed by atoms with Crippen LogP contribution in [0.1, 0.15) is 30.6 Å². The molecule has 0 saturated heterocycles. The lowest BCUT2D eigenvalue weighted by Gasteiger charge is -2.12. The third-order valence-electron chi connectivity index (χ3n) is 2.73. The Morgan fingerprint density at radius 3 is 2.50 bits per heavy atom. The highest BCUT2D eigenvalue weighted by Gasteiger charge is 2.18. The van der Waals surface area contributed by atoms with Gasteiger partial charge in [-0.25, -0.2) is 0 Å². The van der Waals surface area contributed by atoms with Crippen molar-refractivity contribution >= 4 is 5.78 Å². The van der Waals surface area contributed by atoms with Gasteiger partial charge in [-0.3, -0.25) is 4.79 Å². The van der Waals surface area contributed by atoms with Crippen LogP contribution in [0.25, 0.3) is 0 Å². The minimum atomic E-state index is 0.000932. The van der Waals surface area contributed by atoms with Gasteiger partial charge < -0.3 is 9.47 Å². The Hall–Kier alpha value is -1.51. The Morgan fingerprint density at radius 1 is 1.31 bits per heavy atom. The molecule has 0 spiro atoms. The third-order valence-corrected chi connectivity index (χ3v) is 2.73. The molecule has 16 heavy (non-hydrogen) atoms. The predicted octanol–water partition coefficient (Wildman–Crippen LogP) is 2.93. The quantitative estimate of drug-likeness (QED) is 0.718. The predicted molar refractivity (Wildman–Crippen MR) is 63.3 cm³/mol. The SMILES string of the molecule is CCC(C)C(=O)c1cc(OC)ccc1OC. The molecule has 1 aromatic carbocycles. The van der Waals surface area contributed by atoms with Crippen molar-refractivity contribution < 1.29 is 14.3 Å². The van der Waals surface area contributed by atoms with Crippen molar-refractivity contribution in [2.45, 2.75) is 20.3 Å². The molecule has 0 radical (unpaired) electrons. The highest BCUT2D eigenvalue weighted by molar-refractivity contribution is 6.00. The van der Waals surface area contributed by atoms with Gasteiger partial charge in [0, 0.05) is 5.92 Å². The summed E-state index contributed by atoms with van der Waals surface area (Å²) in [5, 5.41) is 0. The lowest BCUT2D eigenvalue weighted by Crippen LogP contribution is -2.11. The maximum absolute atomic E-state index is 12.1. The smallest absolute Gasteiger partial charge is 0.169 e. The van der Waals surface area contributed by atoms with E-state index in [0.717, 1.165) is 6.42 Å². The van der Waals surface area contributed by atoms with Gasteiger partial charge in [0.1, 0.15) is 11.5 Å². The lowest BCUT2D eigenvalue weighted by molar-refractivity contribution is 0.0924. The van der Waals surface area contributed by atoms with Gasteiger partial charge in [0.05, 0.1) is 19.8 Å². The zero-order chi connectivity index (χ0) is 12.1. The Labute approximate surface area is 96.4 Å². The lowest BCUT2D eigenvalue weighted by atomic mass is 9.96. The number of carbonyl (C=O) groups is 1. The minimum Gasteiger partial charge on any atom is -0.497 e. The second-order valence-electron chi connectivity index (χ2n) is 3.74. The van der Waals surface area contributed by atoms with Crippen molar-refractivity contribution in [2.24, 2.45) is 5.92 Å². The van der Waals surface area contributed by atoms with E-state index in [-0.39, 0.29) is 11.7 Å². The van der Waals surface area contributed by atoms with Crippen LogP contribution >= 0.6 is 0 Å². The van der Waals surface area contributed by atoms with Gasteiger partial charge in [0.2, 0.25) is 0 Å². The van der Waals surface area contributed by atoms with E-state index in [1.165, 1.54) is 0 Å². The number of carbonyl (C=O) groups excluding carboxylic acids is 1. The summed E-state index contributed by atoms with van der Waals surface area (Å²) in [5.41, 5.74) is 0.594. The molecule has 0 bridgehead atoms. The van der Waals surface area contributed by atoms with Crippen LogP contribution in [0.4, 0.5) is 0 Å². The Kier molecular flexibility index (Phi) is 4.35. The van der Waals surface area contributed by atoms with Crippen LogP contribution in [0, 0.1) is 5.92 Å². The molecule has 1 aromatic rings. The number of methoxy groups -OCH3 is 2. The van der Waals surface area contributed by atoms with Crippen molar-refractivity contribution in [1.82, 2.24) is 0 Å². The van der Waals surface area contributed by atoms with Crippen LogP contribution in [0.3, 0.4) is 0 Å². The van der Waals surface area contributed by atoms with Gasteiger partial charge in [-0.1, -0.05) is 13.8 Å². The normalized spacial score (nSPS) is 12.0. The molecule has 0 amide bonds. The topological polar surface area (TPSA) is 35.5 Å². The second-order valence-corrected chi connectivity index (χ2v) is 3.74. The van der Waals surface area contributed by atoms with E-state index < -0.39 is 0 Å². The van der Waals surface area contributed by atoms with Crippen molar-refractivity contribution in [3.63, 3.8) is 0 Å². The summed E-state index contributed by atoms with van der Waals surface area (Å²) < 4.78 is 10.3. The summed E-state index contributed by atoms with van der Waals surface area (Å²) in [6.45, 7) is 3.91. The van der Waals surface area contributed by atoms with Crippen molar-refractivity contribution in [2.75, 3.05) is 14.2 Å². The zero-order valence-corrected chi connectivity index (χ0v) is 10.2. The molecule has 0 aromatic heterocycles. The average molecular weight is 222 g/mol. The van der Waals surface area contributed by atoms with E-state index in [4.69, 9.17) is 9.47 Å². The van der Waals surface area contributed by atoms with Crippen LogP contribution in [-0.2, 0) is 0 Å². The van der Waals surface area contributed by atoms with E-state index >= 15 is 0 Å². The molecule has 0 saturated carbocycles. The number of hydrogen-bond acceptors (Lipinski definition) is 3. The molecule has 1 unspecified atom stereocenters. The molecule has 1 atom stereocenters. The number of hydrogen-bond donors (Lipinski definition) is 0. The molecule has 0 N–H and O–H groups in total. The van der Waals surface area contributed by atoms with E-state index in [9.17, 15) is 4.79 Å². The molecule has 88 valence electrons. The summed E-state index contributed by atoms with van der Waals surface area (Å²) >= 11 is 0. The molecule has 0 heterocycles. The molecule has 1 rings (SSSR count). The third kappa shape index (κ3) is 2.54. The van der Waals surface area contributed by atoms with Crippen molar-refractivity contribution in [3.8, 4) is 11.5 Å². The van der Waals surface area contributed by atoms with Crippen LogP contribution in [0.5, 0.6) is 11.5 Å². The molecular weight excluding hydrogens is 204 g/mol. The van der Waals surface area contributed by atoms with Crippen LogP contribution < -0.4 is 9.47 Å². The molecule has 0 fully saturated rings. The molecular formula is C13H18O3.